The van der Waals surface area contributed by atoms with Crippen LogP contribution in [0.4, 0.5) is 10.5 Å². The van der Waals surface area contributed by atoms with Crippen LogP contribution >= 0.6 is 0 Å². The Hall–Kier alpha value is -3.30. The standard InChI is InChI=1S/C22H29N5O5/c1-22(2,3)32-21(31)26-11-9-25(10-12-26)14-5-6-15-17(13-14)24(4)20(30)27(15)16-7-8-18(28)23-19(16)29/h5-6,13,16H,7-12H2,1-4H3,(H,23,28,29)/t16-/m1/s1. The fourth-order valence-electron chi connectivity index (χ4n) is 4.25. The first-order chi connectivity index (χ1) is 15.0. The highest BCUT2D eigenvalue weighted by atomic mass is 16.6. The number of carbonyl (C=O) groups excluding carboxylic acids is 3. The zero-order valence-corrected chi connectivity index (χ0v) is 18.9. The quantitative estimate of drug-likeness (QED) is 0.703. The zero-order chi connectivity index (χ0) is 23.2. The SMILES string of the molecule is Cn1c(=O)n([C@@H]2CCC(=O)NC2=O)c2ccc(N3CCN(C(=O)OC(C)(C)C)CC3)cc21. The number of hydrogen-bond acceptors (Lipinski definition) is 6. The lowest BCUT2D eigenvalue weighted by molar-refractivity contribution is -0.135. The van der Waals surface area contributed by atoms with E-state index in [0.717, 1.165) is 5.69 Å². The molecule has 0 radical (unpaired) electrons. The molecule has 10 nitrogen and oxygen atoms in total. The van der Waals surface area contributed by atoms with E-state index in [2.05, 4.69) is 10.2 Å². The number of hydrogen-bond donors (Lipinski definition) is 1. The minimum absolute atomic E-state index is 0.208. The van der Waals surface area contributed by atoms with Gasteiger partial charge in [-0.05, 0) is 45.4 Å². The van der Waals surface area contributed by atoms with Crippen LogP contribution in [0.2, 0.25) is 0 Å². The summed E-state index contributed by atoms with van der Waals surface area (Å²) in [5.41, 5.74) is 1.49. The largest absolute Gasteiger partial charge is 0.444 e. The summed E-state index contributed by atoms with van der Waals surface area (Å²) < 4.78 is 8.46. The summed E-state index contributed by atoms with van der Waals surface area (Å²) in [7, 11) is 1.68. The van der Waals surface area contributed by atoms with Crippen molar-refractivity contribution in [1.29, 1.82) is 0 Å². The molecule has 2 aliphatic heterocycles. The van der Waals surface area contributed by atoms with Crippen molar-refractivity contribution in [3.05, 3.63) is 28.7 Å². The first-order valence-corrected chi connectivity index (χ1v) is 10.8. The monoisotopic (exact) mass is 443 g/mol. The Bertz CT molecular complexity index is 1130. The molecule has 0 unspecified atom stereocenters. The zero-order valence-electron chi connectivity index (χ0n) is 18.9. The van der Waals surface area contributed by atoms with Gasteiger partial charge in [-0.2, -0.15) is 0 Å². The van der Waals surface area contributed by atoms with E-state index in [1.807, 2.05) is 39.0 Å². The van der Waals surface area contributed by atoms with Crippen molar-refractivity contribution < 1.29 is 19.1 Å². The van der Waals surface area contributed by atoms with Crippen LogP contribution in [-0.4, -0.2) is 63.7 Å². The van der Waals surface area contributed by atoms with Gasteiger partial charge in [-0.1, -0.05) is 0 Å². The molecule has 2 fully saturated rings. The fourth-order valence-corrected chi connectivity index (χ4v) is 4.25. The highest BCUT2D eigenvalue weighted by Gasteiger charge is 2.32. The topological polar surface area (TPSA) is 106 Å². The van der Waals surface area contributed by atoms with Gasteiger partial charge in [0.2, 0.25) is 11.8 Å². The average molecular weight is 444 g/mol. The molecule has 32 heavy (non-hydrogen) atoms. The summed E-state index contributed by atoms with van der Waals surface area (Å²) in [5, 5.41) is 2.32. The highest BCUT2D eigenvalue weighted by molar-refractivity contribution is 6.00. The number of fused-ring (bicyclic) bond motifs is 1. The third-order valence-corrected chi connectivity index (χ3v) is 5.89. The number of amides is 3. The molecule has 1 atom stereocenters. The van der Waals surface area contributed by atoms with Crippen LogP contribution in [0.1, 0.15) is 39.7 Å². The summed E-state index contributed by atoms with van der Waals surface area (Å²) in [4.78, 5) is 52.9. The second-order valence-corrected chi connectivity index (χ2v) is 9.31. The van der Waals surface area contributed by atoms with Crippen molar-refractivity contribution in [3.8, 4) is 0 Å². The number of piperazine rings is 1. The predicted molar refractivity (Wildman–Crippen MR) is 119 cm³/mol. The summed E-state index contributed by atoms with van der Waals surface area (Å²) in [5.74, 6) is -0.759. The Morgan fingerprint density at radius 2 is 1.75 bits per heavy atom. The first kappa shape index (κ1) is 21.9. The number of aromatic nitrogens is 2. The molecule has 4 rings (SSSR count). The van der Waals surface area contributed by atoms with Crippen molar-refractivity contribution >= 4 is 34.6 Å². The van der Waals surface area contributed by atoms with E-state index in [4.69, 9.17) is 4.74 Å². The summed E-state index contributed by atoms with van der Waals surface area (Å²) in [6.45, 7) is 7.93. The molecule has 2 saturated heterocycles. The number of benzene rings is 1. The van der Waals surface area contributed by atoms with E-state index in [-0.39, 0.29) is 24.1 Å². The van der Waals surface area contributed by atoms with Crippen LogP contribution in [0.15, 0.2) is 23.0 Å². The molecule has 0 aliphatic carbocycles. The molecule has 1 aromatic heterocycles. The molecular weight excluding hydrogens is 414 g/mol. The van der Waals surface area contributed by atoms with Crippen molar-refractivity contribution in [2.45, 2.75) is 45.3 Å². The second-order valence-electron chi connectivity index (χ2n) is 9.31. The number of imide groups is 1. The Labute approximate surface area is 185 Å². The van der Waals surface area contributed by atoms with E-state index in [1.54, 1.807) is 11.9 Å². The third kappa shape index (κ3) is 4.09. The van der Waals surface area contributed by atoms with Crippen LogP contribution in [0, 0.1) is 0 Å². The number of aryl methyl sites for hydroxylation is 1. The normalized spacial score (nSPS) is 19.9. The Balaban J connectivity index is 1.55. The number of nitrogens with zero attached hydrogens (tertiary/aromatic N) is 4. The lowest BCUT2D eigenvalue weighted by Crippen LogP contribution is -2.50. The van der Waals surface area contributed by atoms with Crippen LogP contribution < -0.4 is 15.9 Å². The minimum Gasteiger partial charge on any atom is -0.444 e. The number of anilines is 1. The Kier molecular flexibility index (Phi) is 5.47. The molecule has 2 aliphatic rings. The van der Waals surface area contributed by atoms with Gasteiger partial charge in [0.25, 0.3) is 0 Å². The molecule has 1 aromatic carbocycles. The summed E-state index contributed by atoms with van der Waals surface area (Å²) in [6.07, 6.45) is 0.202. The number of imidazole rings is 1. The molecule has 0 saturated carbocycles. The third-order valence-electron chi connectivity index (χ3n) is 5.89. The van der Waals surface area contributed by atoms with Crippen molar-refractivity contribution in [3.63, 3.8) is 0 Å². The number of ether oxygens (including phenoxy) is 1. The minimum atomic E-state index is -0.702. The van der Waals surface area contributed by atoms with E-state index in [1.165, 1.54) is 9.13 Å². The molecule has 3 amide bonds. The summed E-state index contributed by atoms with van der Waals surface area (Å²) in [6, 6.07) is 5.00. The average Bonchev–Trinajstić information content (AvgIpc) is 2.97. The molecular formula is C22H29N5O5. The molecule has 10 heteroatoms. The predicted octanol–water partition coefficient (Wildman–Crippen LogP) is 1.37. The van der Waals surface area contributed by atoms with Gasteiger partial charge in [-0.15, -0.1) is 0 Å². The maximum absolute atomic E-state index is 12.9. The van der Waals surface area contributed by atoms with Crippen LogP contribution in [0.5, 0.6) is 0 Å². The molecule has 2 aromatic rings. The smallest absolute Gasteiger partial charge is 0.410 e. The van der Waals surface area contributed by atoms with E-state index >= 15 is 0 Å². The Morgan fingerprint density at radius 3 is 2.38 bits per heavy atom. The molecule has 0 bridgehead atoms. The van der Waals surface area contributed by atoms with E-state index < -0.39 is 17.6 Å². The van der Waals surface area contributed by atoms with Gasteiger partial charge >= 0.3 is 11.8 Å². The van der Waals surface area contributed by atoms with Gasteiger partial charge in [0.15, 0.2) is 0 Å². The highest BCUT2D eigenvalue weighted by Crippen LogP contribution is 2.27. The number of carbonyl (C=O) groups is 3. The lowest BCUT2D eigenvalue weighted by atomic mass is 10.1. The lowest BCUT2D eigenvalue weighted by Gasteiger charge is -2.36. The van der Waals surface area contributed by atoms with Crippen LogP contribution in [0.25, 0.3) is 11.0 Å². The van der Waals surface area contributed by atoms with Gasteiger partial charge in [-0.25, -0.2) is 9.59 Å². The van der Waals surface area contributed by atoms with Crippen LogP contribution in [-0.2, 0) is 21.4 Å². The first-order valence-electron chi connectivity index (χ1n) is 10.8. The molecule has 172 valence electrons. The van der Waals surface area contributed by atoms with Gasteiger partial charge in [-0.3, -0.25) is 24.0 Å². The fraction of sp³-hybridized carbons (Fsp3) is 0.545. The Morgan fingerprint density at radius 1 is 1.06 bits per heavy atom. The molecule has 3 heterocycles. The molecule has 1 N–H and O–H groups in total. The van der Waals surface area contributed by atoms with Gasteiger partial charge < -0.3 is 14.5 Å². The number of rotatable bonds is 2. The van der Waals surface area contributed by atoms with Crippen molar-refractivity contribution in [2.75, 3.05) is 31.1 Å². The van der Waals surface area contributed by atoms with Crippen molar-refractivity contribution in [1.82, 2.24) is 19.4 Å². The van der Waals surface area contributed by atoms with E-state index in [9.17, 15) is 19.2 Å². The number of nitrogens with one attached hydrogen (secondary N) is 1. The maximum atomic E-state index is 12.9. The maximum Gasteiger partial charge on any atom is 0.410 e. The van der Waals surface area contributed by atoms with Gasteiger partial charge in [0, 0.05) is 45.3 Å². The van der Waals surface area contributed by atoms with Crippen molar-refractivity contribution in [2.24, 2.45) is 7.05 Å². The number of piperidine rings is 1. The molecule has 0 spiro atoms. The summed E-state index contributed by atoms with van der Waals surface area (Å²) >= 11 is 0. The second kappa shape index (κ2) is 7.99. The van der Waals surface area contributed by atoms with Crippen LogP contribution in [0.3, 0.4) is 0 Å². The van der Waals surface area contributed by atoms with E-state index in [0.29, 0.717) is 43.6 Å². The van der Waals surface area contributed by atoms with Gasteiger partial charge in [0.1, 0.15) is 11.6 Å². The van der Waals surface area contributed by atoms with Gasteiger partial charge in [0.05, 0.1) is 11.0 Å².